The number of Topliss-reactive ketones (excluding diaryl/α,β-unsaturated/α-hetero) is 2. The largest absolute Gasteiger partial charge is 0.489 e. The molecule has 7 heteroatoms. The number of hydrogen-bond acceptors (Lipinski definition) is 6. The van der Waals surface area contributed by atoms with Crippen molar-refractivity contribution in [2.75, 3.05) is 6.61 Å². The molecule has 0 fully saturated rings. The summed E-state index contributed by atoms with van der Waals surface area (Å²) in [5.74, 6) is -1.11. The van der Waals surface area contributed by atoms with Gasteiger partial charge >= 0.3 is 5.97 Å². The molecule has 0 N–H and O–H groups in total. The molecule has 0 unspecified atom stereocenters. The van der Waals surface area contributed by atoms with Crippen LogP contribution >= 0.6 is 11.6 Å². The van der Waals surface area contributed by atoms with Crippen LogP contribution in [0.4, 0.5) is 0 Å². The zero-order valence-corrected chi connectivity index (χ0v) is 19.5. The lowest BCUT2D eigenvalue weighted by Gasteiger charge is -2.14. The highest BCUT2D eigenvalue weighted by Gasteiger charge is 2.20. The first-order valence-electron chi connectivity index (χ1n) is 10.9. The molecular weight excluding hydrogens is 456 g/mol. The number of esters is 1. The first kappa shape index (κ1) is 25.0. The Morgan fingerprint density at radius 3 is 2.18 bits per heavy atom. The summed E-state index contributed by atoms with van der Waals surface area (Å²) in [6, 6.07) is 21.8. The minimum absolute atomic E-state index is 0.105. The molecule has 34 heavy (non-hydrogen) atoms. The Morgan fingerprint density at radius 1 is 0.794 bits per heavy atom. The molecule has 0 saturated heterocycles. The number of halogens is 1. The van der Waals surface area contributed by atoms with Gasteiger partial charge in [0.25, 0.3) is 0 Å². The lowest BCUT2D eigenvalue weighted by Crippen LogP contribution is -2.18. The maximum atomic E-state index is 12.8. The number of ketones is 2. The van der Waals surface area contributed by atoms with Crippen molar-refractivity contribution < 1.29 is 28.6 Å². The molecular formula is C27H25ClO6. The van der Waals surface area contributed by atoms with Gasteiger partial charge in [0.2, 0.25) is 5.78 Å². The van der Waals surface area contributed by atoms with E-state index in [2.05, 4.69) is 0 Å². The van der Waals surface area contributed by atoms with Crippen molar-refractivity contribution in [1.29, 1.82) is 0 Å². The van der Waals surface area contributed by atoms with E-state index in [4.69, 9.17) is 25.8 Å². The fourth-order valence-electron chi connectivity index (χ4n) is 3.10. The molecule has 3 aromatic rings. The molecule has 3 aromatic carbocycles. The predicted octanol–water partition coefficient (Wildman–Crippen LogP) is 5.59. The molecule has 6 nitrogen and oxygen atoms in total. The van der Waals surface area contributed by atoms with Gasteiger partial charge in [0.15, 0.2) is 5.78 Å². The van der Waals surface area contributed by atoms with Gasteiger partial charge in [0, 0.05) is 23.9 Å². The number of ether oxygens (including phenoxy) is 3. The van der Waals surface area contributed by atoms with Crippen molar-refractivity contribution >= 4 is 29.1 Å². The van der Waals surface area contributed by atoms with Crippen molar-refractivity contribution in [3.8, 4) is 11.5 Å². The molecule has 0 radical (unpaired) electrons. The lowest BCUT2D eigenvalue weighted by molar-refractivity contribution is -0.153. The third kappa shape index (κ3) is 7.46. The SMILES string of the molecule is CCOC(=O)C(=O)CCC(=O)c1ccc(OCc2ccc(Cl)cc2)cc1OCc1ccccc1. The second kappa shape index (κ2) is 12.6. The highest BCUT2D eigenvalue weighted by atomic mass is 35.5. The normalized spacial score (nSPS) is 10.4. The second-order valence-electron chi connectivity index (χ2n) is 7.41. The molecule has 3 rings (SSSR count). The van der Waals surface area contributed by atoms with Crippen LogP contribution in [0.25, 0.3) is 0 Å². The van der Waals surface area contributed by atoms with Crippen molar-refractivity contribution in [3.63, 3.8) is 0 Å². The Hall–Kier alpha value is -3.64. The highest BCUT2D eigenvalue weighted by molar-refractivity contribution is 6.34. The van der Waals surface area contributed by atoms with Crippen LogP contribution in [0.3, 0.4) is 0 Å². The van der Waals surface area contributed by atoms with Crippen LogP contribution in [0.15, 0.2) is 72.8 Å². The summed E-state index contributed by atoms with van der Waals surface area (Å²) >= 11 is 5.92. The first-order valence-corrected chi connectivity index (χ1v) is 11.2. The maximum absolute atomic E-state index is 12.8. The van der Waals surface area contributed by atoms with Crippen LogP contribution < -0.4 is 9.47 Å². The Kier molecular flexibility index (Phi) is 9.23. The molecule has 0 heterocycles. The Balaban J connectivity index is 1.73. The van der Waals surface area contributed by atoms with Crippen LogP contribution in [-0.4, -0.2) is 24.1 Å². The van der Waals surface area contributed by atoms with Gasteiger partial charge in [-0.1, -0.05) is 54.1 Å². The Bertz CT molecular complexity index is 1130. The number of rotatable bonds is 12. The third-order valence-electron chi connectivity index (χ3n) is 4.89. The van der Waals surface area contributed by atoms with Crippen molar-refractivity contribution in [1.82, 2.24) is 0 Å². The molecule has 0 spiro atoms. The van der Waals surface area contributed by atoms with Gasteiger partial charge in [0.05, 0.1) is 12.2 Å². The van der Waals surface area contributed by atoms with Crippen molar-refractivity contribution in [2.24, 2.45) is 0 Å². The standard InChI is InChI=1S/C27H25ClO6/c1-2-32-27(31)25(30)15-14-24(29)23-13-12-22(33-17-20-8-10-21(28)11-9-20)16-26(23)34-18-19-6-4-3-5-7-19/h3-13,16H,2,14-15,17-18H2,1H3. The summed E-state index contributed by atoms with van der Waals surface area (Å²) in [5.41, 5.74) is 2.19. The molecule has 0 aliphatic rings. The summed E-state index contributed by atoms with van der Waals surface area (Å²) < 4.78 is 16.5. The molecule has 0 atom stereocenters. The van der Waals surface area contributed by atoms with E-state index in [1.807, 2.05) is 42.5 Å². The zero-order valence-electron chi connectivity index (χ0n) is 18.8. The number of carbonyl (C=O) groups is 3. The van der Waals surface area contributed by atoms with E-state index < -0.39 is 11.8 Å². The molecule has 0 amide bonds. The first-order chi connectivity index (χ1) is 16.5. The van der Waals surface area contributed by atoms with E-state index in [0.29, 0.717) is 28.7 Å². The third-order valence-corrected chi connectivity index (χ3v) is 5.14. The van der Waals surface area contributed by atoms with Gasteiger partial charge in [-0.3, -0.25) is 9.59 Å². The van der Waals surface area contributed by atoms with Crippen LogP contribution in [0.5, 0.6) is 11.5 Å². The maximum Gasteiger partial charge on any atom is 0.374 e. The summed E-state index contributed by atoms with van der Waals surface area (Å²) in [5, 5.41) is 0.643. The Morgan fingerprint density at radius 2 is 1.47 bits per heavy atom. The van der Waals surface area contributed by atoms with Crippen LogP contribution in [-0.2, 0) is 27.5 Å². The topological polar surface area (TPSA) is 78.9 Å². The van der Waals surface area contributed by atoms with Gasteiger partial charge in [-0.2, -0.15) is 0 Å². The fourth-order valence-corrected chi connectivity index (χ4v) is 3.23. The Labute approximate surface area is 203 Å². The second-order valence-corrected chi connectivity index (χ2v) is 7.85. The van der Waals surface area contributed by atoms with Crippen molar-refractivity contribution in [3.05, 3.63) is 94.5 Å². The van der Waals surface area contributed by atoms with E-state index in [0.717, 1.165) is 11.1 Å². The number of benzene rings is 3. The summed E-state index contributed by atoms with van der Waals surface area (Å²) in [6.45, 7) is 2.29. The van der Waals surface area contributed by atoms with E-state index >= 15 is 0 Å². The minimum atomic E-state index is -0.929. The quantitative estimate of drug-likeness (QED) is 0.191. The monoisotopic (exact) mass is 480 g/mol. The molecule has 0 aliphatic heterocycles. The average Bonchev–Trinajstić information content (AvgIpc) is 2.86. The fraction of sp³-hybridized carbons (Fsp3) is 0.222. The van der Waals surface area contributed by atoms with Gasteiger partial charge in [-0.15, -0.1) is 0 Å². The minimum Gasteiger partial charge on any atom is -0.489 e. The predicted molar refractivity (Wildman–Crippen MR) is 128 cm³/mol. The number of hydrogen-bond donors (Lipinski definition) is 0. The summed E-state index contributed by atoms with van der Waals surface area (Å²) in [4.78, 5) is 36.3. The lowest BCUT2D eigenvalue weighted by atomic mass is 10.0. The van der Waals surface area contributed by atoms with Gasteiger partial charge in [0.1, 0.15) is 24.7 Å². The van der Waals surface area contributed by atoms with E-state index in [1.54, 1.807) is 37.3 Å². The van der Waals surface area contributed by atoms with E-state index in [1.165, 1.54) is 0 Å². The summed E-state index contributed by atoms with van der Waals surface area (Å²) in [7, 11) is 0. The average molecular weight is 481 g/mol. The van der Waals surface area contributed by atoms with Crippen LogP contribution in [0, 0.1) is 0 Å². The smallest absolute Gasteiger partial charge is 0.374 e. The molecule has 0 aromatic heterocycles. The number of carbonyl (C=O) groups excluding carboxylic acids is 3. The summed E-state index contributed by atoms with van der Waals surface area (Å²) in [6.07, 6.45) is -0.366. The van der Waals surface area contributed by atoms with Gasteiger partial charge in [-0.25, -0.2) is 4.79 Å². The van der Waals surface area contributed by atoms with E-state index in [-0.39, 0.29) is 31.8 Å². The molecule has 0 bridgehead atoms. The van der Waals surface area contributed by atoms with E-state index in [9.17, 15) is 14.4 Å². The van der Waals surface area contributed by atoms with Crippen LogP contribution in [0.1, 0.15) is 41.3 Å². The zero-order chi connectivity index (χ0) is 24.3. The van der Waals surface area contributed by atoms with Crippen LogP contribution in [0.2, 0.25) is 5.02 Å². The van der Waals surface area contributed by atoms with Gasteiger partial charge in [-0.05, 0) is 42.3 Å². The van der Waals surface area contributed by atoms with Gasteiger partial charge < -0.3 is 14.2 Å². The molecule has 0 aliphatic carbocycles. The molecule has 176 valence electrons. The highest BCUT2D eigenvalue weighted by Crippen LogP contribution is 2.28. The molecule has 0 saturated carbocycles. The van der Waals surface area contributed by atoms with Crippen molar-refractivity contribution in [2.45, 2.75) is 33.0 Å².